The van der Waals surface area contributed by atoms with Gasteiger partial charge in [-0.05, 0) is 33.1 Å². The summed E-state index contributed by atoms with van der Waals surface area (Å²) in [6, 6.07) is 0.498. The molecule has 1 saturated carbocycles. The maximum atomic E-state index is 11.9. The number of hydrogen-bond donors (Lipinski definition) is 2. The first-order valence-electron chi connectivity index (χ1n) is 6.64. The molecule has 0 radical (unpaired) electrons. The van der Waals surface area contributed by atoms with Gasteiger partial charge in [0.2, 0.25) is 5.91 Å². The van der Waals surface area contributed by atoms with E-state index in [1.165, 1.54) is 6.42 Å². The molecule has 1 rings (SSSR count). The van der Waals surface area contributed by atoms with Gasteiger partial charge in [0.1, 0.15) is 0 Å². The van der Waals surface area contributed by atoms with Gasteiger partial charge in [-0.15, -0.1) is 0 Å². The van der Waals surface area contributed by atoms with E-state index in [9.17, 15) is 4.79 Å². The van der Waals surface area contributed by atoms with Gasteiger partial charge in [0.25, 0.3) is 0 Å². The second kappa shape index (κ2) is 6.36. The molecule has 0 heterocycles. The van der Waals surface area contributed by atoms with Gasteiger partial charge in [-0.25, -0.2) is 0 Å². The lowest BCUT2D eigenvalue weighted by molar-refractivity contribution is -0.125. The van der Waals surface area contributed by atoms with Gasteiger partial charge in [0.05, 0.1) is 13.2 Å². The number of amides is 1. The first kappa shape index (κ1) is 14.5. The lowest BCUT2D eigenvalue weighted by Crippen LogP contribution is -2.51. The maximum absolute atomic E-state index is 11.9. The summed E-state index contributed by atoms with van der Waals surface area (Å²) >= 11 is 0. The molecule has 0 aliphatic heterocycles. The fourth-order valence-electron chi connectivity index (χ4n) is 1.96. The largest absolute Gasteiger partial charge is 0.395 e. The van der Waals surface area contributed by atoms with Crippen LogP contribution < -0.4 is 5.32 Å². The normalized spacial score (nSPS) is 17.0. The van der Waals surface area contributed by atoms with Crippen molar-refractivity contribution in [2.75, 3.05) is 19.7 Å². The molecule has 1 aliphatic carbocycles. The van der Waals surface area contributed by atoms with E-state index in [4.69, 9.17) is 5.11 Å². The van der Waals surface area contributed by atoms with E-state index in [1.807, 2.05) is 13.8 Å². The predicted molar refractivity (Wildman–Crippen MR) is 68.8 cm³/mol. The van der Waals surface area contributed by atoms with Crippen molar-refractivity contribution in [1.29, 1.82) is 0 Å². The van der Waals surface area contributed by atoms with E-state index in [0.29, 0.717) is 19.1 Å². The van der Waals surface area contributed by atoms with Crippen LogP contribution in [0.2, 0.25) is 0 Å². The van der Waals surface area contributed by atoms with E-state index >= 15 is 0 Å². The molecule has 0 atom stereocenters. The van der Waals surface area contributed by atoms with Crippen molar-refractivity contribution in [2.24, 2.45) is 0 Å². The standard InChI is InChI=1S/C13H26N2O2/c1-4-13(2,3)14-12(17)10-15(8-9-16)11-6-5-7-11/h11,16H,4-10H2,1-3H3,(H,14,17). The number of nitrogens with zero attached hydrogens (tertiary/aromatic N) is 1. The van der Waals surface area contributed by atoms with Crippen molar-refractivity contribution in [2.45, 2.75) is 58.0 Å². The molecule has 0 aromatic rings. The van der Waals surface area contributed by atoms with Gasteiger partial charge in [-0.3, -0.25) is 9.69 Å². The van der Waals surface area contributed by atoms with Crippen LogP contribution >= 0.6 is 0 Å². The molecular formula is C13H26N2O2. The Hall–Kier alpha value is -0.610. The second-order valence-electron chi connectivity index (χ2n) is 5.56. The molecule has 2 N–H and O–H groups in total. The van der Waals surface area contributed by atoms with Crippen molar-refractivity contribution in [3.05, 3.63) is 0 Å². The van der Waals surface area contributed by atoms with Crippen LogP contribution in [0.4, 0.5) is 0 Å². The fourth-order valence-corrected chi connectivity index (χ4v) is 1.96. The third kappa shape index (κ3) is 4.64. The van der Waals surface area contributed by atoms with Gasteiger partial charge < -0.3 is 10.4 Å². The highest BCUT2D eigenvalue weighted by atomic mass is 16.3. The maximum Gasteiger partial charge on any atom is 0.234 e. The Morgan fingerprint density at radius 3 is 2.53 bits per heavy atom. The first-order chi connectivity index (χ1) is 7.98. The Morgan fingerprint density at radius 2 is 2.12 bits per heavy atom. The molecule has 100 valence electrons. The summed E-state index contributed by atoms with van der Waals surface area (Å²) in [5.74, 6) is 0.0669. The number of aliphatic hydroxyl groups is 1. The van der Waals surface area contributed by atoms with Crippen molar-refractivity contribution in [3.8, 4) is 0 Å². The molecule has 1 aliphatic rings. The summed E-state index contributed by atoms with van der Waals surface area (Å²) in [4.78, 5) is 14.0. The number of aliphatic hydroxyl groups excluding tert-OH is 1. The Morgan fingerprint density at radius 1 is 1.47 bits per heavy atom. The zero-order chi connectivity index (χ0) is 12.9. The predicted octanol–water partition coefficient (Wildman–Crippen LogP) is 1.14. The van der Waals surface area contributed by atoms with E-state index in [2.05, 4.69) is 17.1 Å². The minimum absolute atomic E-state index is 0.0669. The molecule has 4 nitrogen and oxygen atoms in total. The minimum atomic E-state index is -0.137. The monoisotopic (exact) mass is 242 g/mol. The summed E-state index contributed by atoms with van der Waals surface area (Å²) in [6.07, 6.45) is 4.48. The Kier molecular flexibility index (Phi) is 5.40. The van der Waals surface area contributed by atoms with Crippen LogP contribution in [0.15, 0.2) is 0 Å². The topological polar surface area (TPSA) is 52.6 Å². The molecule has 0 saturated heterocycles. The van der Waals surface area contributed by atoms with Crippen molar-refractivity contribution in [1.82, 2.24) is 10.2 Å². The molecule has 0 bridgehead atoms. The highest BCUT2D eigenvalue weighted by molar-refractivity contribution is 5.78. The fraction of sp³-hybridized carbons (Fsp3) is 0.923. The summed E-state index contributed by atoms with van der Waals surface area (Å²) in [7, 11) is 0. The Balaban J connectivity index is 2.40. The minimum Gasteiger partial charge on any atom is -0.395 e. The van der Waals surface area contributed by atoms with Gasteiger partial charge in [-0.2, -0.15) is 0 Å². The molecule has 1 fully saturated rings. The number of rotatable bonds is 7. The van der Waals surface area contributed by atoms with Gasteiger partial charge in [0, 0.05) is 18.1 Å². The quantitative estimate of drug-likeness (QED) is 0.704. The highest BCUT2D eigenvalue weighted by Gasteiger charge is 2.27. The number of carbonyl (C=O) groups excluding carboxylic acids is 1. The first-order valence-corrected chi connectivity index (χ1v) is 6.64. The summed E-state index contributed by atoms with van der Waals surface area (Å²) in [5, 5.41) is 12.1. The third-order valence-electron chi connectivity index (χ3n) is 3.69. The van der Waals surface area contributed by atoms with Crippen LogP contribution in [0.25, 0.3) is 0 Å². The molecule has 17 heavy (non-hydrogen) atoms. The van der Waals surface area contributed by atoms with Crippen LogP contribution in [0.5, 0.6) is 0 Å². The van der Waals surface area contributed by atoms with Crippen molar-refractivity contribution >= 4 is 5.91 Å². The van der Waals surface area contributed by atoms with Crippen LogP contribution in [-0.4, -0.2) is 47.2 Å². The molecule has 0 spiro atoms. The van der Waals surface area contributed by atoms with Crippen LogP contribution in [0.3, 0.4) is 0 Å². The molecule has 0 aromatic heterocycles. The lowest BCUT2D eigenvalue weighted by Gasteiger charge is -2.37. The lowest BCUT2D eigenvalue weighted by atomic mass is 9.91. The van der Waals surface area contributed by atoms with E-state index in [0.717, 1.165) is 19.3 Å². The Bertz CT molecular complexity index is 250. The van der Waals surface area contributed by atoms with Crippen LogP contribution in [0, 0.1) is 0 Å². The van der Waals surface area contributed by atoms with Crippen molar-refractivity contribution in [3.63, 3.8) is 0 Å². The SMILES string of the molecule is CCC(C)(C)NC(=O)CN(CCO)C1CCC1. The highest BCUT2D eigenvalue weighted by Crippen LogP contribution is 2.24. The molecule has 0 unspecified atom stereocenters. The van der Waals surface area contributed by atoms with Crippen molar-refractivity contribution < 1.29 is 9.90 Å². The molecule has 0 aromatic carbocycles. The zero-order valence-electron chi connectivity index (χ0n) is 11.3. The summed E-state index contributed by atoms with van der Waals surface area (Å²) in [5.41, 5.74) is -0.137. The number of carbonyl (C=O) groups is 1. The van der Waals surface area contributed by atoms with E-state index < -0.39 is 0 Å². The summed E-state index contributed by atoms with van der Waals surface area (Å²) < 4.78 is 0. The molecule has 1 amide bonds. The van der Waals surface area contributed by atoms with Gasteiger partial charge in [-0.1, -0.05) is 13.3 Å². The number of hydrogen-bond acceptors (Lipinski definition) is 3. The zero-order valence-corrected chi connectivity index (χ0v) is 11.3. The second-order valence-corrected chi connectivity index (χ2v) is 5.56. The Labute approximate surface area is 104 Å². The average Bonchev–Trinajstić information content (AvgIpc) is 2.14. The third-order valence-corrected chi connectivity index (χ3v) is 3.69. The molecular weight excluding hydrogens is 216 g/mol. The van der Waals surface area contributed by atoms with Gasteiger partial charge in [0.15, 0.2) is 0 Å². The number of nitrogens with one attached hydrogen (secondary N) is 1. The average molecular weight is 242 g/mol. The molecule has 4 heteroatoms. The smallest absolute Gasteiger partial charge is 0.234 e. The summed E-state index contributed by atoms with van der Waals surface area (Å²) in [6.45, 7) is 7.27. The van der Waals surface area contributed by atoms with Gasteiger partial charge >= 0.3 is 0 Å². The van der Waals surface area contributed by atoms with Crippen LogP contribution in [0.1, 0.15) is 46.5 Å². The van der Waals surface area contributed by atoms with E-state index in [1.54, 1.807) is 0 Å². The van der Waals surface area contributed by atoms with Crippen LogP contribution in [-0.2, 0) is 4.79 Å². The van der Waals surface area contributed by atoms with E-state index in [-0.39, 0.29) is 18.1 Å².